The van der Waals surface area contributed by atoms with Gasteiger partial charge in [-0.15, -0.1) is 0 Å². The van der Waals surface area contributed by atoms with Gasteiger partial charge in [0.2, 0.25) is 5.88 Å². The number of nitrogens with zero attached hydrogens (tertiary/aromatic N) is 2. The van der Waals surface area contributed by atoms with E-state index in [1.54, 1.807) is 6.33 Å². The summed E-state index contributed by atoms with van der Waals surface area (Å²) in [5, 5.41) is 3.13. The maximum atomic E-state index is 5.48. The third-order valence-electron chi connectivity index (χ3n) is 1.71. The van der Waals surface area contributed by atoms with Gasteiger partial charge < -0.3 is 14.6 Å². The van der Waals surface area contributed by atoms with Gasteiger partial charge >= 0.3 is 0 Å². The number of imidazole rings is 1. The molecule has 4 nitrogen and oxygen atoms in total. The van der Waals surface area contributed by atoms with Crippen molar-refractivity contribution in [1.82, 2.24) is 14.9 Å². The highest BCUT2D eigenvalue weighted by Gasteiger charge is 2.18. The van der Waals surface area contributed by atoms with Crippen LogP contribution in [-0.4, -0.2) is 28.7 Å². The van der Waals surface area contributed by atoms with Gasteiger partial charge in [0.15, 0.2) is 0 Å². The zero-order chi connectivity index (χ0) is 7.68. The second-order valence-corrected chi connectivity index (χ2v) is 2.78. The Labute approximate surface area is 65.2 Å². The van der Waals surface area contributed by atoms with Gasteiger partial charge in [0.05, 0.1) is 12.5 Å². The van der Waals surface area contributed by atoms with Crippen molar-refractivity contribution in [1.29, 1.82) is 0 Å². The lowest BCUT2D eigenvalue weighted by Gasteiger charge is -2.26. The van der Waals surface area contributed by atoms with Gasteiger partial charge in [-0.25, -0.2) is 4.98 Å². The predicted molar refractivity (Wildman–Crippen MR) is 40.5 cm³/mol. The number of rotatable bonds is 2. The maximum Gasteiger partial charge on any atom is 0.231 e. The molecule has 0 unspecified atom stereocenters. The molecule has 0 aromatic carbocycles. The first-order chi connectivity index (χ1) is 5.34. The zero-order valence-corrected chi connectivity index (χ0v) is 6.45. The van der Waals surface area contributed by atoms with Gasteiger partial charge in [0.25, 0.3) is 0 Å². The average Bonchev–Trinajstić information content (AvgIpc) is 2.27. The van der Waals surface area contributed by atoms with Crippen LogP contribution >= 0.6 is 0 Å². The molecule has 1 fully saturated rings. The van der Waals surface area contributed by atoms with E-state index in [1.807, 2.05) is 17.8 Å². The Kier molecular flexibility index (Phi) is 1.54. The number of nitrogens with one attached hydrogen (secondary N) is 1. The largest absolute Gasteiger partial charge is 0.471 e. The van der Waals surface area contributed by atoms with Crippen molar-refractivity contribution in [2.24, 2.45) is 7.05 Å². The molecule has 1 N–H and O–H groups in total. The predicted octanol–water partition coefficient (Wildman–Crippen LogP) is -0.229. The van der Waals surface area contributed by atoms with Crippen LogP contribution in [0.4, 0.5) is 0 Å². The summed E-state index contributed by atoms with van der Waals surface area (Å²) in [7, 11) is 1.93. The molecule has 1 aliphatic heterocycles. The normalized spacial score (nSPS) is 17.9. The maximum absolute atomic E-state index is 5.48. The lowest BCUT2D eigenvalue weighted by molar-refractivity contribution is 0.136. The molecule has 2 heterocycles. The van der Waals surface area contributed by atoms with Crippen LogP contribution in [0.3, 0.4) is 0 Å². The molecule has 0 bridgehead atoms. The quantitative estimate of drug-likeness (QED) is 0.638. The summed E-state index contributed by atoms with van der Waals surface area (Å²) in [5.41, 5.74) is 0. The van der Waals surface area contributed by atoms with Crippen molar-refractivity contribution in [2.75, 3.05) is 13.1 Å². The number of ether oxygens (including phenoxy) is 1. The van der Waals surface area contributed by atoms with Gasteiger partial charge in [0.1, 0.15) is 6.10 Å². The summed E-state index contributed by atoms with van der Waals surface area (Å²) in [6.45, 7) is 1.88. The molecule has 1 aliphatic rings. The molecule has 0 amide bonds. The van der Waals surface area contributed by atoms with Crippen molar-refractivity contribution in [3.8, 4) is 5.88 Å². The van der Waals surface area contributed by atoms with Crippen LogP contribution < -0.4 is 10.1 Å². The van der Waals surface area contributed by atoms with Gasteiger partial charge in [-0.1, -0.05) is 0 Å². The van der Waals surface area contributed by atoms with Crippen LogP contribution in [0.15, 0.2) is 12.5 Å². The lowest BCUT2D eigenvalue weighted by atomic mass is 10.2. The number of aromatic nitrogens is 2. The molecule has 1 aromatic rings. The van der Waals surface area contributed by atoms with Crippen LogP contribution in [-0.2, 0) is 7.05 Å². The Morgan fingerprint density at radius 1 is 1.73 bits per heavy atom. The monoisotopic (exact) mass is 153 g/mol. The minimum atomic E-state index is 0.324. The van der Waals surface area contributed by atoms with Gasteiger partial charge in [-0.3, -0.25) is 0 Å². The van der Waals surface area contributed by atoms with E-state index in [4.69, 9.17) is 4.74 Å². The highest BCUT2D eigenvalue weighted by atomic mass is 16.5. The van der Waals surface area contributed by atoms with E-state index in [0.717, 1.165) is 19.0 Å². The molecule has 11 heavy (non-hydrogen) atoms. The first-order valence-electron chi connectivity index (χ1n) is 3.70. The van der Waals surface area contributed by atoms with Crippen molar-refractivity contribution in [3.63, 3.8) is 0 Å². The molecule has 2 rings (SSSR count). The molecule has 0 atom stereocenters. The van der Waals surface area contributed by atoms with Gasteiger partial charge in [-0.2, -0.15) is 0 Å². The fourth-order valence-corrected chi connectivity index (χ4v) is 0.966. The molecule has 4 heteroatoms. The van der Waals surface area contributed by atoms with Gasteiger partial charge in [-0.05, 0) is 0 Å². The Morgan fingerprint density at radius 3 is 3.00 bits per heavy atom. The number of hydrogen-bond acceptors (Lipinski definition) is 3. The lowest BCUT2D eigenvalue weighted by Crippen LogP contribution is -2.50. The van der Waals surface area contributed by atoms with E-state index in [2.05, 4.69) is 10.3 Å². The molecular formula is C7H11N3O. The highest BCUT2D eigenvalue weighted by molar-refractivity contribution is 5.04. The summed E-state index contributed by atoms with van der Waals surface area (Å²) >= 11 is 0. The fraction of sp³-hybridized carbons (Fsp3) is 0.571. The third-order valence-corrected chi connectivity index (χ3v) is 1.71. The van der Waals surface area contributed by atoms with Crippen LogP contribution in [0.25, 0.3) is 0 Å². The Morgan fingerprint density at radius 2 is 2.55 bits per heavy atom. The molecule has 0 aliphatic carbocycles. The number of hydrogen-bond donors (Lipinski definition) is 1. The average molecular weight is 153 g/mol. The third kappa shape index (κ3) is 1.35. The van der Waals surface area contributed by atoms with Crippen molar-refractivity contribution in [3.05, 3.63) is 12.5 Å². The first kappa shape index (κ1) is 6.67. The molecular weight excluding hydrogens is 142 g/mol. The fourth-order valence-electron chi connectivity index (χ4n) is 0.966. The minimum Gasteiger partial charge on any atom is -0.471 e. The Balaban J connectivity index is 1.95. The van der Waals surface area contributed by atoms with Crippen LogP contribution in [0.1, 0.15) is 0 Å². The van der Waals surface area contributed by atoms with Gasteiger partial charge in [0, 0.05) is 20.1 Å². The smallest absolute Gasteiger partial charge is 0.231 e. The van der Waals surface area contributed by atoms with E-state index in [1.165, 1.54) is 0 Å². The van der Waals surface area contributed by atoms with Crippen molar-refractivity contribution >= 4 is 0 Å². The molecule has 60 valence electrons. The minimum absolute atomic E-state index is 0.324. The van der Waals surface area contributed by atoms with E-state index >= 15 is 0 Å². The standard InChI is InChI=1S/C7H11N3O/c1-10-4-7(9-5-10)11-6-2-8-3-6/h4-6,8H,2-3H2,1H3. The summed E-state index contributed by atoms with van der Waals surface area (Å²) < 4.78 is 7.35. The van der Waals surface area contributed by atoms with E-state index in [-0.39, 0.29) is 0 Å². The van der Waals surface area contributed by atoms with Crippen molar-refractivity contribution in [2.45, 2.75) is 6.10 Å². The topological polar surface area (TPSA) is 39.1 Å². The SMILES string of the molecule is Cn1cnc(OC2CNC2)c1. The first-order valence-corrected chi connectivity index (χ1v) is 3.70. The molecule has 0 spiro atoms. The van der Waals surface area contributed by atoms with E-state index in [0.29, 0.717) is 6.10 Å². The molecule has 1 saturated heterocycles. The zero-order valence-electron chi connectivity index (χ0n) is 6.45. The van der Waals surface area contributed by atoms with Crippen LogP contribution in [0, 0.1) is 0 Å². The van der Waals surface area contributed by atoms with Crippen LogP contribution in [0.2, 0.25) is 0 Å². The Hall–Kier alpha value is -1.03. The molecule has 0 radical (unpaired) electrons. The second-order valence-electron chi connectivity index (χ2n) is 2.78. The second kappa shape index (κ2) is 2.54. The Bertz CT molecular complexity index is 242. The summed E-state index contributed by atoms with van der Waals surface area (Å²) in [4.78, 5) is 4.05. The molecule has 1 aromatic heterocycles. The van der Waals surface area contributed by atoms with Crippen LogP contribution in [0.5, 0.6) is 5.88 Å². The highest BCUT2D eigenvalue weighted by Crippen LogP contribution is 2.08. The van der Waals surface area contributed by atoms with E-state index in [9.17, 15) is 0 Å². The summed E-state index contributed by atoms with van der Waals surface area (Å²) in [6, 6.07) is 0. The van der Waals surface area contributed by atoms with Crippen molar-refractivity contribution < 1.29 is 4.74 Å². The van der Waals surface area contributed by atoms with E-state index < -0.39 is 0 Å². The number of aryl methyl sites for hydroxylation is 1. The summed E-state index contributed by atoms with van der Waals surface area (Å²) in [5.74, 6) is 0.721. The molecule has 0 saturated carbocycles. The summed E-state index contributed by atoms with van der Waals surface area (Å²) in [6.07, 6.45) is 3.93.